The SMILES string of the molecule is Cc1ncncc1C(=O)NCc1ccc2[nH]c(-c3ncccc3F)c(C)c2c1. The van der Waals surface area contributed by atoms with Gasteiger partial charge < -0.3 is 10.3 Å². The molecule has 0 fully saturated rings. The summed E-state index contributed by atoms with van der Waals surface area (Å²) in [5.74, 6) is -0.592. The zero-order valence-corrected chi connectivity index (χ0v) is 15.5. The first-order valence-electron chi connectivity index (χ1n) is 8.81. The first-order valence-corrected chi connectivity index (χ1v) is 8.81. The third-order valence-corrected chi connectivity index (χ3v) is 4.73. The summed E-state index contributed by atoms with van der Waals surface area (Å²) in [4.78, 5) is 27.7. The maximum absolute atomic E-state index is 14.1. The lowest BCUT2D eigenvalue weighted by molar-refractivity contribution is 0.0949. The Morgan fingerprint density at radius 1 is 1.21 bits per heavy atom. The van der Waals surface area contributed by atoms with Gasteiger partial charge in [0.15, 0.2) is 5.82 Å². The highest BCUT2D eigenvalue weighted by Gasteiger charge is 2.15. The molecule has 4 aromatic rings. The van der Waals surface area contributed by atoms with E-state index in [4.69, 9.17) is 0 Å². The van der Waals surface area contributed by atoms with Crippen molar-refractivity contribution in [2.45, 2.75) is 20.4 Å². The Hall–Kier alpha value is -3.61. The fourth-order valence-electron chi connectivity index (χ4n) is 3.18. The molecule has 0 aliphatic heterocycles. The topological polar surface area (TPSA) is 83.6 Å². The van der Waals surface area contributed by atoms with Crippen molar-refractivity contribution in [3.05, 3.63) is 77.3 Å². The van der Waals surface area contributed by atoms with Crippen LogP contribution < -0.4 is 5.32 Å². The second kappa shape index (κ2) is 7.19. The number of hydrogen-bond acceptors (Lipinski definition) is 4. The Morgan fingerprint density at radius 2 is 2.07 bits per heavy atom. The van der Waals surface area contributed by atoms with Crippen LogP contribution >= 0.6 is 0 Å². The van der Waals surface area contributed by atoms with Gasteiger partial charge in [0.25, 0.3) is 5.91 Å². The maximum atomic E-state index is 14.1. The molecule has 0 aliphatic carbocycles. The molecule has 0 bridgehead atoms. The van der Waals surface area contributed by atoms with Gasteiger partial charge >= 0.3 is 0 Å². The fourth-order valence-corrected chi connectivity index (χ4v) is 3.18. The molecular formula is C21H18FN5O. The van der Waals surface area contributed by atoms with Crippen LogP contribution in [0.3, 0.4) is 0 Å². The van der Waals surface area contributed by atoms with E-state index < -0.39 is 0 Å². The third kappa shape index (κ3) is 3.22. The minimum atomic E-state index is -0.370. The number of fused-ring (bicyclic) bond motifs is 1. The van der Waals surface area contributed by atoms with Gasteiger partial charge in [-0.3, -0.25) is 9.78 Å². The molecule has 1 amide bonds. The largest absolute Gasteiger partial charge is 0.353 e. The number of amides is 1. The van der Waals surface area contributed by atoms with Crippen molar-refractivity contribution in [2.24, 2.45) is 0 Å². The Balaban J connectivity index is 1.60. The van der Waals surface area contributed by atoms with Crippen molar-refractivity contribution in [1.82, 2.24) is 25.3 Å². The molecule has 0 aliphatic rings. The summed E-state index contributed by atoms with van der Waals surface area (Å²) in [5.41, 5.74) is 4.77. The number of aromatic amines is 1. The molecule has 7 heteroatoms. The van der Waals surface area contributed by atoms with Gasteiger partial charge in [0.2, 0.25) is 0 Å². The lowest BCUT2D eigenvalue weighted by atomic mass is 10.1. The van der Waals surface area contributed by atoms with Crippen LogP contribution in [0.5, 0.6) is 0 Å². The molecule has 1 aromatic carbocycles. The van der Waals surface area contributed by atoms with Crippen LogP contribution in [0.15, 0.2) is 49.1 Å². The van der Waals surface area contributed by atoms with E-state index in [-0.39, 0.29) is 11.7 Å². The molecule has 3 heterocycles. The zero-order chi connectivity index (χ0) is 19.7. The van der Waals surface area contributed by atoms with E-state index in [0.29, 0.717) is 29.2 Å². The van der Waals surface area contributed by atoms with E-state index in [1.807, 2.05) is 25.1 Å². The highest BCUT2D eigenvalue weighted by atomic mass is 19.1. The minimum Gasteiger partial charge on any atom is -0.353 e. The number of nitrogens with zero attached hydrogens (tertiary/aromatic N) is 3. The first-order chi connectivity index (χ1) is 13.5. The fraction of sp³-hybridized carbons (Fsp3) is 0.143. The van der Waals surface area contributed by atoms with E-state index >= 15 is 0 Å². The monoisotopic (exact) mass is 375 g/mol. The Labute approximate surface area is 160 Å². The van der Waals surface area contributed by atoms with E-state index in [0.717, 1.165) is 22.0 Å². The van der Waals surface area contributed by atoms with E-state index in [9.17, 15) is 9.18 Å². The van der Waals surface area contributed by atoms with Crippen molar-refractivity contribution >= 4 is 16.8 Å². The summed E-state index contributed by atoms with van der Waals surface area (Å²) in [5, 5.41) is 3.85. The van der Waals surface area contributed by atoms with Gasteiger partial charge in [0.1, 0.15) is 12.0 Å². The predicted molar refractivity (Wildman–Crippen MR) is 104 cm³/mol. The second-order valence-electron chi connectivity index (χ2n) is 6.54. The number of pyridine rings is 1. The average Bonchev–Trinajstić information content (AvgIpc) is 3.03. The van der Waals surface area contributed by atoms with E-state index in [2.05, 4.69) is 25.3 Å². The number of aromatic nitrogens is 4. The molecule has 0 radical (unpaired) electrons. The molecule has 6 nitrogen and oxygen atoms in total. The lowest BCUT2D eigenvalue weighted by Gasteiger charge is -2.07. The van der Waals surface area contributed by atoms with Crippen LogP contribution in [0.25, 0.3) is 22.3 Å². The van der Waals surface area contributed by atoms with E-state index in [1.165, 1.54) is 18.6 Å². The maximum Gasteiger partial charge on any atom is 0.254 e. The second-order valence-corrected chi connectivity index (χ2v) is 6.54. The smallest absolute Gasteiger partial charge is 0.254 e. The highest BCUT2D eigenvalue weighted by molar-refractivity contribution is 5.95. The van der Waals surface area contributed by atoms with Crippen molar-refractivity contribution in [3.63, 3.8) is 0 Å². The molecule has 0 atom stereocenters. The summed E-state index contributed by atoms with van der Waals surface area (Å²) in [7, 11) is 0. The van der Waals surface area contributed by atoms with Gasteiger partial charge in [-0.15, -0.1) is 0 Å². The quantitative estimate of drug-likeness (QED) is 0.570. The number of rotatable bonds is 4. The number of nitrogens with one attached hydrogen (secondary N) is 2. The minimum absolute atomic E-state index is 0.222. The molecule has 2 N–H and O–H groups in total. The van der Waals surface area contributed by atoms with Crippen LogP contribution in [0.1, 0.15) is 27.2 Å². The summed E-state index contributed by atoms with van der Waals surface area (Å²) in [6.07, 6.45) is 4.49. The van der Waals surface area contributed by atoms with Crippen molar-refractivity contribution in [1.29, 1.82) is 0 Å². The van der Waals surface area contributed by atoms with Gasteiger partial charge in [-0.25, -0.2) is 14.4 Å². The van der Waals surface area contributed by atoms with Crippen LogP contribution in [-0.4, -0.2) is 25.8 Å². The molecular weight excluding hydrogens is 357 g/mol. The average molecular weight is 375 g/mol. The zero-order valence-electron chi connectivity index (χ0n) is 15.5. The summed E-state index contributed by atoms with van der Waals surface area (Å²) < 4.78 is 14.1. The molecule has 4 rings (SSSR count). The first kappa shape index (κ1) is 17.8. The van der Waals surface area contributed by atoms with Crippen LogP contribution in [0, 0.1) is 19.7 Å². The molecule has 28 heavy (non-hydrogen) atoms. The summed E-state index contributed by atoms with van der Waals surface area (Å²) >= 11 is 0. The van der Waals surface area contributed by atoms with Gasteiger partial charge in [-0.1, -0.05) is 6.07 Å². The summed E-state index contributed by atoms with van der Waals surface area (Å²) in [6.45, 7) is 4.06. The molecule has 0 spiro atoms. The van der Waals surface area contributed by atoms with Crippen molar-refractivity contribution < 1.29 is 9.18 Å². The Morgan fingerprint density at radius 3 is 2.86 bits per heavy atom. The Kier molecular flexibility index (Phi) is 4.57. The number of aryl methyl sites for hydroxylation is 2. The molecule has 0 saturated heterocycles. The number of hydrogen-bond donors (Lipinski definition) is 2. The van der Waals surface area contributed by atoms with Gasteiger partial charge in [-0.2, -0.15) is 0 Å². The molecule has 0 unspecified atom stereocenters. The number of carbonyl (C=O) groups excluding carboxylic acids is 1. The Bertz CT molecular complexity index is 1180. The standard InChI is InChI=1S/C21H18FN5O/c1-12-15-8-14(9-25-21(28)16-10-23-11-26-13(16)2)5-6-18(15)27-19(12)20-17(22)4-3-7-24-20/h3-8,10-11,27H,9H2,1-2H3,(H,25,28). The van der Waals surface area contributed by atoms with Crippen molar-refractivity contribution in [2.75, 3.05) is 0 Å². The summed E-state index contributed by atoms with van der Waals surface area (Å²) in [6, 6.07) is 8.79. The molecule has 0 saturated carbocycles. The van der Waals surface area contributed by atoms with E-state index in [1.54, 1.807) is 19.2 Å². The van der Waals surface area contributed by atoms with Gasteiger partial charge in [-0.05, 0) is 49.2 Å². The number of halogens is 1. The molecule has 140 valence electrons. The third-order valence-electron chi connectivity index (χ3n) is 4.73. The number of carbonyl (C=O) groups is 1. The van der Waals surface area contributed by atoms with Crippen molar-refractivity contribution in [3.8, 4) is 11.4 Å². The van der Waals surface area contributed by atoms with Gasteiger partial charge in [0, 0.05) is 29.8 Å². The van der Waals surface area contributed by atoms with Crippen LogP contribution in [0.4, 0.5) is 4.39 Å². The predicted octanol–water partition coefficient (Wildman–Crippen LogP) is 3.71. The van der Waals surface area contributed by atoms with Crippen LogP contribution in [-0.2, 0) is 6.54 Å². The normalized spacial score (nSPS) is 11.0. The highest BCUT2D eigenvalue weighted by Crippen LogP contribution is 2.30. The molecule has 3 aromatic heterocycles. The number of H-pyrrole nitrogens is 1. The van der Waals surface area contributed by atoms with Gasteiger partial charge in [0.05, 0.1) is 17.0 Å². The van der Waals surface area contributed by atoms with Crippen LogP contribution in [0.2, 0.25) is 0 Å². The number of benzene rings is 1. The lowest BCUT2D eigenvalue weighted by Crippen LogP contribution is -2.24.